The molecule has 17 heteroatoms. The van der Waals surface area contributed by atoms with E-state index in [1.165, 1.54) is 135 Å². The van der Waals surface area contributed by atoms with Crippen LogP contribution in [-0.2, 0) is 80.5 Å². The normalized spacial score (nSPS) is 13.8. The Bertz CT molecular complexity index is 1670. The van der Waals surface area contributed by atoms with Gasteiger partial charge in [0.15, 0.2) is 0 Å². The van der Waals surface area contributed by atoms with Gasteiger partial charge < -0.3 is 80.5 Å². The van der Waals surface area contributed by atoms with Crippen molar-refractivity contribution in [3.8, 4) is 0 Å². The number of hydrogen-bond acceptors (Lipinski definition) is 17. The summed E-state index contributed by atoms with van der Waals surface area (Å²) in [5.41, 5.74) is 0.142. The highest BCUT2D eigenvalue weighted by Crippen LogP contribution is 2.23. The molecular weight excluding hydrogens is 1590 g/mol. The van der Waals surface area contributed by atoms with Crippen molar-refractivity contribution in [1.82, 2.24) is 0 Å². The van der Waals surface area contributed by atoms with Crippen molar-refractivity contribution < 1.29 is 80.5 Å². The van der Waals surface area contributed by atoms with Crippen LogP contribution in [-0.4, -0.2) is 216 Å². The molecule has 2 saturated carbocycles. The molecule has 0 aliphatic heterocycles. The largest absolute Gasteiger partial charge is 0.382 e. The molecule has 0 amide bonds. The Labute approximate surface area is 804 Å². The zero-order valence-electron chi connectivity index (χ0n) is 97.3. The first-order valence-corrected chi connectivity index (χ1v) is 52.5. The molecule has 0 radical (unpaired) electrons. The van der Waals surface area contributed by atoms with E-state index in [0.29, 0.717) is 97.7 Å². The van der Waals surface area contributed by atoms with Crippen LogP contribution in [0.1, 0.15) is 512 Å². The van der Waals surface area contributed by atoms with Crippen LogP contribution >= 0.6 is 0 Å². The van der Waals surface area contributed by atoms with E-state index in [1.54, 1.807) is 28.4 Å². The average molecular weight is 1850 g/mol. The zero-order chi connectivity index (χ0) is 102. The van der Waals surface area contributed by atoms with Gasteiger partial charge in [-0.05, 0) is 351 Å². The first kappa shape index (κ1) is 160. The summed E-state index contributed by atoms with van der Waals surface area (Å²) < 4.78 is 88.8. The van der Waals surface area contributed by atoms with Gasteiger partial charge in [-0.3, -0.25) is 0 Å². The molecule has 2 aliphatic rings. The molecule has 2 fully saturated rings. The molecule has 0 heterocycles. The van der Waals surface area contributed by atoms with Gasteiger partial charge in [0.25, 0.3) is 0 Å². The third-order valence-corrected chi connectivity index (χ3v) is 17.3. The fourth-order valence-electron chi connectivity index (χ4n) is 9.15. The summed E-state index contributed by atoms with van der Waals surface area (Å²) in [5, 5.41) is 0. The van der Waals surface area contributed by atoms with E-state index in [-0.39, 0.29) is 16.8 Å². The molecule has 2 rings (SSSR count). The van der Waals surface area contributed by atoms with Crippen molar-refractivity contribution in [3.05, 3.63) is 0 Å². The Morgan fingerprint density at radius 1 is 0.220 bits per heavy atom. The molecule has 17 nitrogen and oxygen atoms in total. The fraction of sp³-hybridized carbons (Fsp3) is 1.00. The van der Waals surface area contributed by atoms with E-state index in [9.17, 15) is 0 Å². The van der Waals surface area contributed by atoms with Crippen LogP contribution in [0.25, 0.3) is 0 Å². The van der Waals surface area contributed by atoms with Gasteiger partial charge in [0.2, 0.25) is 0 Å². The van der Waals surface area contributed by atoms with Crippen LogP contribution < -0.4 is 0 Å². The van der Waals surface area contributed by atoms with Crippen molar-refractivity contribution in [3.63, 3.8) is 0 Å². The first-order valence-electron chi connectivity index (χ1n) is 52.5. The van der Waals surface area contributed by atoms with Gasteiger partial charge in [0, 0.05) is 101 Å². The van der Waals surface area contributed by atoms with Gasteiger partial charge in [-0.25, -0.2) is 0 Å². The van der Waals surface area contributed by atoms with Gasteiger partial charge in [-0.1, -0.05) is 161 Å². The van der Waals surface area contributed by atoms with Crippen LogP contribution in [0.3, 0.4) is 0 Å². The summed E-state index contributed by atoms with van der Waals surface area (Å²) in [6.07, 6.45) is 41.6. The smallest absolute Gasteiger partial charge is 0.0598 e. The minimum absolute atomic E-state index is 0.0417. The quantitative estimate of drug-likeness (QED) is 0.0530. The molecule has 0 spiro atoms. The standard InChI is InChI=1S/C9H18O.C9H20O.C8H16O.2C8H18O.2C7H16O.5C6H14O.4C5H12O.C4H10O/c1-8(2)10-9-6-4-3-5-7-9;1-4-6-8-10-9(3)7-5-2;1-7(2)9-8-5-3-4-6-8;1-4-6-7-9-8(3)5-2;1-4-6-8(3)9-7-5-2;1-4-5-6-8-7(2)3;1-4-6-8-7(3)5-2;2*1-5-7-6(2,3)4;1-4-5-6(2)7-3;1-4-5-7-6(2)3;1-4-6(3)7-5-2;1-5(2,3)6-4;1-4-5(2)6-3;2*1-4-6-5(2)3;1-4(2)5-3/h8-9H,3-7H2,1-2H3;9H,4-8H2,1-3H3;7-8H,3-6H2,1-2H3;2*8H,4-7H2,1-3H3;2*7H,4-6H2,1-3H3;2*5H2,1-4H3;3*6H,4-5H2,1-3H3;1-4H3;3*5H,4H2,1-3H3;4H,1-3H3. The highest BCUT2D eigenvalue weighted by molar-refractivity contribution is 4.68. The second kappa shape index (κ2) is 132. The lowest BCUT2D eigenvalue weighted by Crippen LogP contribution is -2.20. The topological polar surface area (TPSA) is 157 Å². The van der Waals surface area contributed by atoms with Crippen LogP contribution in [0.4, 0.5) is 0 Å². The van der Waals surface area contributed by atoms with Gasteiger partial charge >= 0.3 is 0 Å². The van der Waals surface area contributed by atoms with Gasteiger partial charge in [0.05, 0.1) is 114 Å². The molecule has 127 heavy (non-hydrogen) atoms. The fourth-order valence-corrected chi connectivity index (χ4v) is 9.15. The molecule has 792 valence electrons. The SMILES string of the molecule is CC(C)OC1CCCC1.CC(C)OC1CCCCC1.CCC(C)OC.CCCC(C)OC.CCCCOC(C)C.CCCCOC(C)CC.CCCCOC(C)CCC.CCCOC(C)C.CCCOC(C)CC.CCCOC(C)CCC.CCOC(C)(C)C.CCOC(C)(C)C.CCOC(C)C.CCOC(C)C.CCOC(C)CC.COC(C)(C)C.COC(C)C. The third-order valence-electron chi connectivity index (χ3n) is 17.3. The molecule has 0 aromatic heterocycles. The number of hydrogen-bond donors (Lipinski definition) is 0. The van der Waals surface area contributed by atoms with Crippen LogP contribution in [0.5, 0.6) is 0 Å². The molecule has 0 N–H and O–H groups in total. The van der Waals surface area contributed by atoms with Crippen molar-refractivity contribution in [2.75, 3.05) is 101 Å². The van der Waals surface area contributed by atoms with Crippen molar-refractivity contribution in [1.29, 1.82) is 0 Å². The maximum Gasteiger partial charge on any atom is 0.0598 e. The average Bonchev–Trinajstić information content (AvgIpc) is 1.92. The summed E-state index contributed by atoms with van der Waals surface area (Å²) in [6.45, 7) is 110. The molecule has 2 aliphatic carbocycles. The predicted octanol–water partition coefficient (Wildman–Crippen LogP) is 33.6. The van der Waals surface area contributed by atoms with Gasteiger partial charge in [-0.2, -0.15) is 0 Å². The van der Waals surface area contributed by atoms with Crippen molar-refractivity contribution >= 4 is 0 Å². The maximum absolute atomic E-state index is 5.69. The van der Waals surface area contributed by atoms with Crippen molar-refractivity contribution in [2.45, 2.75) is 627 Å². The Morgan fingerprint density at radius 3 is 0.622 bits per heavy atom. The molecule has 7 unspecified atom stereocenters. The van der Waals surface area contributed by atoms with Crippen LogP contribution in [0.15, 0.2) is 0 Å². The number of ether oxygens (including phenoxy) is 17. The number of unbranched alkanes of at least 4 members (excludes halogenated alkanes) is 3. The summed E-state index contributed by atoms with van der Waals surface area (Å²) in [7, 11) is 6.89. The van der Waals surface area contributed by atoms with Crippen molar-refractivity contribution in [2.24, 2.45) is 0 Å². The highest BCUT2D eigenvalue weighted by Gasteiger charge is 2.17. The van der Waals surface area contributed by atoms with E-state index < -0.39 is 0 Å². The Kier molecular flexibility index (Phi) is 166. The lowest BCUT2D eigenvalue weighted by molar-refractivity contribution is -0.0118. The van der Waals surface area contributed by atoms with E-state index in [2.05, 4.69) is 235 Å². The number of rotatable bonds is 46. The van der Waals surface area contributed by atoms with Gasteiger partial charge in [0.1, 0.15) is 0 Å². The highest BCUT2D eigenvalue weighted by atomic mass is 16.5. The summed E-state index contributed by atoms with van der Waals surface area (Å²) in [4.78, 5) is 0. The van der Waals surface area contributed by atoms with E-state index in [1.807, 2.05) is 96.9 Å². The number of methoxy groups -OCH3 is 4. The first-order chi connectivity index (χ1) is 59.3. The lowest BCUT2D eigenvalue weighted by Gasteiger charge is -2.23. The van der Waals surface area contributed by atoms with Gasteiger partial charge in [-0.15, -0.1) is 0 Å². The minimum Gasteiger partial charge on any atom is -0.382 e. The predicted molar refractivity (Wildman–Crippen MR) is 566 cm³/mol. The van der Waals surface area contributed by atoms with E-state index in [4.69, 9.17) is 80.5 Å². The van der Waals surface area contributed by atoms with Crippen LogP contribution in [0, 0.1) is 0 Å². The molecular formula is C110H250O17. The molecule has 0 bridgehead atoms. The Morgan fingerprint density at radius 2 is 0.457 bits per heavy atom. The minimum atomic E-state index is 0.0417. The lowest BCUT2D eigenvalue weighted by atomic mass is 9.98. The zero-order valence-corrected chi connectivity index (χ0v) is 97.3. The Balaban J connectivity index is -0.0000000810. The van der Waals surface area contributed by atoms with E-state index >= 15 is 0 Å². The second-order valence-electron chi connectivity index (χ2n) is 37.2. The monoisotopic (exact) mass is 1840 g/mol. The molecule has 7 atom stereocenters. The van der Waals surface area contributed by atoms with Crippen LogP contribution in [0.2, 0.25) is 0 Å². The Hall–Kier alpha value is -0.680. The molecule has 0 saturated heterocycles. The summed E-state index contributed by atoms with van der Waals surface area (Å²) in [6, 6.07) is 0. The summed E-state index contributed by atoms with van der Waals surface area (Å²) in [5.74, 6) is 0. The molecule has 0 aromatic rings. The maximum atomic E-state index is 5.69. The van der Waals surface area contributed by atoms with E-state index in [0.717, 1.165) is 118 Å². The summed E-state index contributed by atoms with van der Waals surface area (Å²) >= 11 is 0. The second-order valence-corrected chi connectivity index (χ2v) is 37.2. The third kappa shape index (κ3) is 224. The molecule has 0 aromatic carbocycles.